The summed E-state index contributed by atoms with van der Waals surface area (Å²) in [7, 11) is 1.63. The lowest BCUT2D eigenvalue weighted by molar-refractivity contribution is -0.121. The van der Waals surface area contributed by atoms with E-state index in [0.717, 1.165) is 17.7 Å². The summed E-state index contributed by atoms with van der Waals surface area (Å²) in [4.78, 5) is 11.6. The van der Waals surface area contributed by atoms with Crippen LogP contribution < -0.4 is 10.1 Å². The van der Waals surface area contributed by atoms with Crippen molar-refractivity contribution in [3.8, 4) is 5.75 Å². The van der Waals surface area contributed by atoms with Crippen molar-refractivity contribution in [2.75, 3.05) is 13.7 Å². The second-order valence-electron chi connectivity index (χ2n) is 4.55. The first-order valence-electron chi connectivity index (χ1n) is 6.73. The quantitative estimate of drug-likeness (QED) is 0.755. The minimum atomic E-state index is -0.318. The molecule has 4 nitrogen and oxygen atoms in total. The maximum absolute atomic E-state index is 11.6. The van der Waals surface area contributed by atoms with Crippen molar-refractivity contribution in [3.63, 3.8) is 0 Å². The number of hydrogen-bond acceptors (Lipinski definition) is 3. The third-order valence-electron chi connectivity index (χ3n) is 3.07. The summed E-state index contributed by atoms with van der Waals surface area (Å²) < 4.78 is 5.08. The molecule has 0 heterocycles. The highest BCUT2D eigenvalue weighted by molar-refractivity contribution is 5.76. The lowest BCUT2D eigenvalue weighted by Gasteiger charge is -2.09. The summed E-state index contributed by atoms with van der Waals surface area (Å²) in [5.74, 6) is 0.848. The first-order valence-corrected chi connectivity index (χ1v) is 6.73. The zero-order chi connectivity index (χ0) is 14.1. The predicted octanol–water partition coefficient (Wildman–Crippen LogP) is 1.91. The van der Waals surface area contributed by atoms with Gasteiger partial charge in [0.15, 0.2) is 0 Å². The number of rotatable bonds is 8. The van der Waals surface area contributed by atoms with Gasteiger partial charge >= 0.3 is 0 Å². The third-order valence-corrected chi connectivity index (χ3v) is 3.07. The zero-order valence-electron chi connectivity index (χ0n) is 11.7. The number of carbonyl (C=O) groups is 1. The Hall–Kier alpha value is -1.55. The van der Waals surface area contributed by atoms with E-state index < -0.39 is 0 Å². The number of hydrogen-bond donors (Lipinski definition) is 2. The van der Waals surface area contributed by atoms with Crippen LogP contribution in [0.4, 0.5) is 0 Å². The fraction of sp³-hybridized carbons (Fsp3) is 0.533. The summed E-state index contributed by atoms with van der Waals surface area (Å²) >= 11 is 0. The maximum Gasteiger partial charge on any atom is 0.220 e. The van der Waals surface area contributed by atoms with E-state index >= 15 is 0 Å². The van der Waals surface area contributed by atoms with Gasteiger partial charge in [0.1, 0.15) is 5.75 Å². The minimum Gasteiger partial charge on any atom is -0.497 e. The van der Waals surface area contributed by atoms with Gasteiger partial charge in [-0.05, 0) is 37.0 Å². The molecule has 0 saturated heterocycles. The molecule has 19 heavy (non-hydrogen) atoms. The van der Waals surface area contributed by atoms with Crippen molar-refractivity contribution in [3.05, 3.63) is 29.8 Å². The second kappa shape index (κ2) is 8.53. The van der Waals surface area contributed by atoms with Gasteiger partial charge in [0.2, 0.25) is 5.91 Å². The zero-order valence-corrected chi connectivity index (χ0v) is 11.7. The number of carbonyl (C=O) groups excluding carboxylic acids is 1. The van der Waals surface area contributed by atoms with E-state index in [0.29, 0.717) is 25.8 Å². The molecule has 106 valence electrons. The van der Waals surface area contributed by atoms with Gasteiger partial charge in [0.05, 0.1) is 13.2 Å². The average Bonchev–Trinajstić information content (AvgIpc) is 2.45. The molecule has 1 unspecified atom stereocenters. The van der Waals surface area contributed by atoms with Crippen LogP contribution in [-0.4, -0.2) is 30.8 Å². The Balaban J connectivity index is 2.22. The van der Waals surface area contributed by atoms with Crippen LogP contribution in [0.2, 0.25) is 0 Å². The molecule has 0 aliphatic heterocycles. The molecule has 2 N–H and O–H groups in total. The van der Waals surface area contributed by atoms with E-state index in [9.17, 15) is 9.90 Å². The standard InChI is InChI=1S/C15H23NO3/c1-3-13(17)10-11-16-15(18)9-6-12-4-7-14(19-2)8-5-12/h4-5,7-8,13,17H,3,6,9-11H2,1-2H3,(H,16,18). The minimum absolute atomic E-state index is 0.0270. The van der Waals surface area contributed by atoms with Crippen molar-refractivity contribution in [2.24, 2.45) is 0 Å². The van der Waals surface area contributed by atoms with Crippen LogP contribution >= 0.6 is 0 Å². The molecule has 1 rings (SSSR count). The van der Waals surface area contributed by atoms with Gasteiger partial charge in [0, 0.05) is 13.0 Å². The largest absolute Gasteiger partial charge is 0.497 e. The number of ether oxygens (including phenoxy) is 1. The average molecular weight is 265 g/mol. The van der Waals surface area contributed by atoms with Crippen molar-refractivity contribution in [1.82, 2.24) is 5.32 Å². The van der Waals surface area contributed by atoms with Crippen LogP contribution in [0.1, 0.15) is 31.7 Å². The lowest BCUT2D eigenvalue weighted by Crippen LogP contribution is -2.27. The summed E-state index contributed by atoms with van der Waals surface area (Å²) in [5.41, 5.74) is 1.12. The van der Waals surface area contributed by atoms with Gasteiger partial charge in [0.25, 0.3) is 0 Å². The van der Waals surface area contributed by atoms with Gasteiger partial charge < -0.3 is 15.2 Å². The monoisotopic (exact) mass is 265 g/mol. The SMILES string of the molecule is CCC(O)CCNC(=O)CCc1ccc(OC)cc1. The van der Waals surface area contributed by atoms with Crippen LogP contribution in [0, 0.1) is 0 Å². The van der Waals surface area contributed by atoms with Gasteiger partial charge in [-0.15, -0.1) is 0 Å². The molecule has 1 atom stereocenters. The Labute approximate surface area is 114 Å². The summed E-state index contributed by atoms with van der Waals surface area (Å²) in [6.07, 6.45) is 2.20. The smallest absolute Gasteiger partial charge is 0.220 e. The van der Waals surface area contributed by atoms with Gasteiger partial charge in [-0.3, -0.25) is 4.79 Å². The first kappa shape index (κ1) is 15.5. The lowest BCUT2D eigenvalue weighted by atomic mass is 10.1. The highest BCUT2D eigenvalue weighted by Crippen LogP contribution is 2.12. The highest BCUT2D eigenvalue weighted by Gasteiger charge is 2.04. The number of amides is 1. The molecule has 0 fully saturated rings. The number of benzene rings is 1. The van der Waals surface area contributed by atoms with E-state index in [1.165, 1.54) is 0 Å². The molecule has 1 amide bonds. The van der Waals surface area contributed by atoms with Crippen molar-refractivity contribution in [2.45, 2.75) is 38.7 Å². The van der Waals surface area contributed by atoms with Crippen LogP contribution in [0.25, 0.3) is 0 Å². The molecule has 0 bridgehead atoms. The van der Waals surface area contributed by atoms with Crippen molar-refractivity contribution in [1.29, 1.82) is 0 Å². The van der Waals surface area contributed by atoms with E-state index in [2.05, 4.69) is 5.32 Å². The first-order chi connectivity index (χ1) is 9.15. The molecule has 0 radical (unpaired) electrons. The number of aliphatic hydroxyl groups excluding tert-OH is 1. The Morgan fingerprint density at radius 2 is 2.05 bits per heavy atom. The number of methoxy groups -OCH3 is 1. The van der Waals surface area contributed by atoms with Crippen LogP contribution in [0.3, 0.4) is 0 Å². The molecular formula is C15H23NO3. The molecule has 4 heteroatoms. The summed E-state index contributed by atoms with van der Waals surface area (Å²) in [6.45, 7) is 2.46. The highest BCUT2D eigenvalue weighted by atomic mass is 16.5. The van der Waals surface area contributed by atoms with Crippen molar-refractivity contribution >= 4 is 5.91 Å². The molecule has 0 saturated carbocycles. The molecule has 0 aromatic heterocycles. The molecule has 0 aliphatic rings. The van der Waals surface area contributed by atoms with E-state index in [1.54, 1.807) is 7.11 Å². The fourth-order valence-electron chi connectivity index (χ4n) is 1.72. The van der Waals surface area contributed by atoms with E-state index in [4.69, 9.17) is 4.74 Å². The van der Waals surface area contributed by atoms with Crippen LogP contribution in [-0.2, 0) is 11.2 Å². The third kappa shape index (κ3) is 6.25. The molecule has 0 aliphatic carbocycles. The number of aryl methyl sites for hydroxylation is 1. The predicted molar refractivity (Wildman–Crippen MR) is 75.2 cm³/mol. The fourth-order valence-corrected chi connectivity index (χ4v) is 1.72. The van der Waals surface area contributed by atoms with E-state index in [-0.39, 0.29) is 12.0 Å². The van der Waals surface area contributed by atoms with Crippen molar-refractivity contribution < 1.29 is 14.6 Å². The molecular weight excluding hydrogens is 242 g/mol. The number of aliphatic hydroxyl groups is 1. The normalized spacial score (nSPS) is 11.9. The number of nitrogens with one attached hydrogen (secondary N) is 1. The Bertz CT molecular complexity index is 375. The Kier molecular flexibility index (Phi) is 6.97. The maximum atomic E-state index is 11.6. The molecule has 1 aromatic carbocycles. The van der Waals surface area contributed by atoms with E-state index in [1.807, 2.05) is 31.2 Å². The Morgan fingerprint density at radius 1 is 1.37 bits per heavy atom. The van der Waals surface area contributed by atoms with Crippen LogP contribution in [0.15, 0.2) is 24.3 Å². The van der Waals surface area contributed by atoms with Gasteiger partial charge in [-0.2, -0.15) is 0 Å². The summed E-state index contributed by atoms with van der Waals surface area (Å²) in [5, 5.41) is 12.2. The Morgan fingerprint density at radius 3 is 2.63 bits per heavy atom. The topological polar surface area (TPSA) is 58.6 Å². The second-order valence-corrected chi connectivity index (χ2v) is 4.55. The molecule has 1 aromatic rings. The molecule has 0 spiro atoms. The summed E-state index contributed by atoms with van der Waals surface area (Å²) in [6, 6.07) is 7.72. The van der Waals surface area contributed by atoms with Crippen LogP contribution in [0.5, 0.6) is 5.75 Å². The van der Waals surface area contributed by atoms with Gasteiger partial charge in [-0.1, -0.05) is 19.1 Å². The van der Waals surface area contributed by atoms with Gasteiger partial charge in [-0.25, -0.2) is 0 Å².